The summed E-state index contributed by atoms with van der Waals surface area (Å²) in [4.78, 5) is 0. The summed E-state index contributed by atoms with van der Waals surface area (Å²) in [6, 6.07) is 15.0. The zero-order valence-electron chi connectivity index (χ0n) is 11.7. The zero-order chi connectivity index (χ0) is 16.8. The monoisotopic (exact) mass is 546 g/mol. The SMILES string of the molecule is N#CC(C#N)=Cc1cc(I)c(OCc2ccccc2Cl)c(I)c1. The Hall–Kier alpha value is -1.29. The van der Waals surface area contributed by atoms with Gasteiger partial charge in [-0.2, -0.15) is 10.5 Å². The van der Waals surface area contributed by atoms with E-state index in [1.165, 1.54) is 0 Å². The fourth-order valence-electron chi connectivity index (χ4n) is 1.82. The van der Waals surface area contributed by atoms with Gasteiger partial charge in [-0.05, 0) is 75.0 Å². The average molecular weight is 547 g/mol. The predicted molar refractivity (Wildman–Crippen MR) is 107 cm³/mol. The van der Waals surface area contributed by atoms with Crippen LogP contribution in [0.2, 0.25) is 5.02 Å². The van der Waals surface area contributed by atoms with Gasteiger partial charge < -0.3 is 4.74 Å². The van der Waals surface area contributed by atoms with Gasteiger partial charge in [-0.15, -0.1) is 0 Å². The Balaban J connectivity index is 2.25. The average Bonchev–Trinajstić information content (AvgIpc) is 2.53. The minimum Gasteiger partial charge on any atom is -0.487 e. The van der Waals surface area contributed by atoms with Crippen LogP contribution in [0.4, 0.5) is 0 Å². The van der Waals surface area contributed by atoms with Crippen molar-refractivity contribution in [2.75, 3.05) is 0 Å². The van der Waals surface area contributed by atoms with Gasteiger partial charge >= 0.3 is 0 Å². The summed E-state index contributed by atoms with van der Waals surface area (Å²) in [7, 11) is 0. The maximum Gasteiger partial charge on any atom is 0.146 e. The smallest absolute Gasteiger partial charge is 0.146 e. The van der Waals surface area contributed by atoms with Crippen LogP contribution in [-0.4, -0.2) is 0 Å². The zero-order valence-corrected chi connectivity index (χ0v) is 16.8. The first-order valence-electron chi connectivity index (χ1n) is 6.42. The standard InChI is InChI=1S/C17H9ClI2N2O/c18-14-4-2-1-3-13(14)10-23-17-15(19)6-11(7-16(17)20)5-12(8-21)9-22/h1-7H,10H2. The largest absolute Gasteiger partial charge is 0.487 e. The molecular formula is C17H9ClI2N2O. The normalized spacial score (nSPS) is 9.61. The second-order valence-electron chi connectivity index (χ2n) is 4.48. The number of halogens is 3. The van der Waals surface area contributed by atoms with E-state index < -0.39 is 0 Å². The van der Waals surface area contributed by atoms with Crippen molar-refractivity contribution in [3.63, 3.8) is 0 Å². The minimum atomic E-state index is 0.0707. The van der Waals surface area contributed by atoms with E-state index in [0.29, 0.717) is 11.6 Å². The molecule has 0 fully saturated rings. The van der Waals surface area contributed by atoms with Gasteiger partial charge in [-0.1, -0.05) is 29.8 Å². The lowest BCUT2D eigenvalue weighted by molar-refractivity contribution is 0.302. The third kappa shape index (κ3) is 4.84. The van der Waals surface area contributed by atoms with Crippen LogP contribution in [0.15, 0.2) is 42.0 Å². The number of nitrogens with zero attached hydrogens (tertiary/aromatic N) is 2. The summed E-state index contributed by atoms with van der Waals surface area (Å²) in [5.41, 5.74) is 1.78. The van der Waals surface area contributed by atoms with Crippen LogP contribution >= 0.6 is 56.8 Å². The summed E-state index contributed by atoms with van der Waals surface area (Å²) >= 11 is 10.5. The van der Waals surface area contributed by atoms with Crippen molar-refractivity contribution < 1.29 is 4.74 Å². The van der Waals surface area contributed by atoms with Crippen molar-refractivity contribution in [2.24, 2.45) is 0 Å². The van der Waals surface area contributed by atoms with Crippen molar-refractivity contribution >= 4 is 62.9 Å². The van der Waals surface area contributed by atoms with Gasteiger partial charge in [0.1, 0.15) is 30.1 Å². The second kappa shape index (κ2) is 8.53. The summed E-state index contributed by atoms with van der Waals surface area (Å²) in [5, 5.41) is 18.3. The van der Waals surface area contributed by atoms with Gasteiger partial charge in [0.15, 0.2) is 0 Å². The summed E-state index contributed by atoms with van der Waals surface area (Å²) in [6.45, 7) is 0.377. The van der Waals surface area contributed by atoms with Crippen LogP contribution in [-0.2, 0) is 6.61 Å². The quantitative estimate of drug-likeness (QED) is 0.373. The Morgan fingerprint density at radius 3 is 2.30 bits per heavy atom. The highest BCUT2D eigenvalue weighted by atomic mass is 127. The molecule has 3 nitrogen and oxygen atoms in total. The molecule has 0 unspecified atom stereocenters. The molecule has 2 aromatic carbocycles. The highest BCUT2D eigenvalue weighted by molar-refractivity contribution is 14.1. The number of hydrogen-bond donors (Lipinski definition) is 0. The Morgan fingerprint density at radius 2 is 1.74 bits per heavy atom. The molecule has 0 spiro atoms. The summed E-state index contributed by atoms with van der Waals surface area (Å²) in [5.74, 6) is 0.763. The van der Waals surface area contributed by atoms with Crippen molar-refractivity contribution in [1.29, 1.82) is 10.5 Å². The van der Waals surface area contributed by atoms with Crippen molar-refractivity contribution in [3.8, 4) is 17.9 Å². The molecule has 0 heterocycles. The molecule has 0 saturated heterocycles. The lowest BCUT2D eigenvalue weighted by Gasteiger charge is -2.12. The Labute approximate surface area is 166 Å². The van der Waals surface area contributed by atoms with E-state index in [9.17, 15) is 0 Å². The van der Waals surface area contributed by atoms with E-state index >= 15 is 0 Å². The first-order chi connectivity index (χ1) is 11.0. The highest BCUT2D eigenvalue weighted by Crippen LogP contribution is 2.31. The molecule has 6 heteroatoms. The summed E-state index contributed by atoms with van der Waals surface area (Å²) in [6.07, 6.45) is 1.56. The lowest BCUT2D eigenvalue weighted by atomic mass is 10.1. The van der Waals surface area contributed by atoms with E-state index in [4.69, 9.17) is 26.9 Å². The van der Waals surface area contributed by atoms with Gasteiger partial charge in [0.25, 0.3) is 0 Å². The number of nitriles is 2. The number of benzene rings is 2. The fraction of sp³-hybridized carbons (Fsp3) is 0.0588. The molecule has 2 rings (SSSR count). The summed E-state index contributed by atoms with van der Waals surface area (Å²) < 4.78 is 7.71. The second-order valence-corrected chi connectivity index (χ2v) is 7.21. The number of ether oxygens (including phenoxy) is 1. The molecular weight excluding hydrogens is 537 g/mol. The molecule has 0 aliphatic carbocycles. The predicted octanol–water partition coefficient (Wildman–Crippen LogP) is 5.56. The molecule has 0 radical (unpaired) electrons. The van der Waals surface area contributed by atoms with E-state index in [1.54, 1.807) is 6.08 Å². The van der Waals surface area contributed by atoms with Gasteiger partial charge in [-0.25, -0.2) is 0 Å². The van der Waals surface area contributed by atoms with E-state index in [2.05, 4.69) is 45.2 Å². The molecule has 0 aliphatic rings. The molecule has 0 bridgehead atoms. The van der Waals surface area contributed by atoms with Crippen LogP contribution < -0.4 is 4.74 Å². The number of hydrogen-bond acceptors (Lipinski definition) is 3. The van der Waals surface area contributed by atoms with Gasteiger partial charge in [-0.3, -0.25) is 0 Å². The molecule has 114 valence electrons. The molecule has 2 aromatic rings. The van der Waals surface area contributed by atoms with Crippen molar-refractivity contribution in [2.45, 2.75) is 6.61 Å². The fourth-order valence-corrected chi connectivity index (χ4v) is 4.14. The van der Waals surface area contributed by atoms with E-state index in [1.807, 2.05) is 48.5 Å². The molecule has 0 N–H and O–H groups in total. The van der Waals surface area contributed by atoms with Crippen molar-refractivity contribution in [1.82, 2.24) is 0 Å². The molecule has 0 saturated carbocycles. The molecule has 23 heavy (non-hydrogen) atoms. The Morgan fingerprint density at radius 1 is 1.13 bits per heavy atom. The van der Waals surface area contributed by atoms with Crippen molar-refractivity contribution in [3.05, 3.63) is 65.3 Å². The minimum absolute atomic E-state index is 0.0707. The van der Waals surface area contributed by atoms with Gasteiger partial charge in [0.05, 0.1) is 7.14 Å². The van der Waals surface area contributed by atoms with Crippen LogP contribution in [0.1, 0.15) is 11.1 Å². The Kier molecular flexibility index (Phi) is 6.70. The van der Waals surface area contributed by atoms with E-state index in [-0.39, 0.29) is 5.57 Å². The first-order valence-corrected chi connectivity index (χ1v) is 8.96. The van der Waals surface area contributed by atoms with Crippen LogP contribution in [0, 0.1) is 29.8 Å². The topological polar surface area (TPSA) is 56.8 Å². The third-order valence-corrected chi connectivity index (χ3v) is 4.87. The first kappa shape index (κ1) is 18.1. The molecule has 0 atom stereocenters. The maximum absolute atomic E-state index is 8.84. The Bertz CT molecular complexity index is 811. The number of allylic oxidation sites excluding steroid dienone is 1. The molecule has 0 aliphatic heterocycles. The van der Waals surface area contributed by atoms with Crippen LogP contribution in [0.25, 0.3) is 6.08 Å². The van der Waals surface area contributed by atoms with Crippen LogP contribution in [0.3, 0.4) is 0 Å². The molecule has 0 amide bonds. The molecule has 0 aromatic heterocycles. The van der Waals surface area contributed by atoms with Gasteiger partial charge in [0, 0.05) is 10.6 Å². The maximum atomic E-state index is 8.84. The van der Waals surface area contributed by atoms with E-state index in [0.717, 1.165) is 24.0 Å². The highest BCUT2D eigenvalue weighted by Gasteiger charge is 2.10. The van der Waals surface area contributed by atoms with Crippen LogP contribution in [0.5, 0.6) is 5.75 Å². The lowest BCUT2D eigenvalue weighted by Crippen LogP contribution is -2.00. The third-order valence-electron chi connectivity index (χ3n) is 2.90. The number of rotatable bonds is 4. The van der Waals surface area contributed by atoms with Gasteiger partial charge in [0.2, 0.25) is 0 Å².